The van der Waals surface area contributed by atoms with E-state index in [1.807, 2.05) is 13.8 Å². The lowest BCUT2D eigenvalue weighted by Gasteiger charge is -2.14. The van der Waals surface area contributed by atoms with Crippen LogP contribution in [0.1, 0.15) is 33.5 Å². The first-order chi connectivity index (χ1) is 8.47. The number of carbonyl (C=O) groups is 1. The van der Waals surface area contributed by atoms with E-state index in [1.165, 1.54) is 0 Å². The summed E-state index contributed by atoms with van der Waals surface area (Å²) in [6.07, 6.45) is 0. The van der Waals surface area contributed by atoms with Gasteiger partial charge in [-0.3, -0.25) is 9.89 Å². The Bertz CT molecular complexity index is 570. The molecule has 1 N–H and O–H groups in total. The number of nitrogens with zero attached hydrogens (tertiary/aromatic N) is 3. The normalized spacial score (nSPS) is 10.7. The van der Waals surface area contributed by atoms with E-state index in [9.17, 15) is 4.79 Å². The zero-order valence-electron chi connectivity index (χ0n) is 10.9. The minimum atomic E-state index is -0.0909. The molecule has 6 heteroatoms. The highest BCUT2D eigenvalue weighted by molar-refractivity contribution is 5.95. The monoisotopic (exact) mass is 248 g/mol. The number of aromatic nitrogens is 3. The van der Waals surface area contributed by atoms with Crippen LogP contribution < -0.4 is 0 Å². The Labute approximate surface area is 105 Å². The van der Waals surface area contributed by atoms with Crippen molar-refractivity contribution in [3.8, 4) is 0 Å². The van der Waals surface area contributed by atoms with Crippen molar-refractivity contribution < 1.29 is 9.21 Å². The highest BCUT2D eigenvalue weighted by atomic mass is 16.3. The number of nitrogens with one attached hydrogen (secondary N) is 1. The highest BCUT2D eigenvalue weighted by Gasteiger charge is 2.18. The van der Waals surface area contributed by atoms with Crippen molar-refractivity contribution in [1.29, 1.82) is 0 Å². The van der Waals surface area contributed by atoms with Crippen molar-refractivity contribution >= 4 is 5.91 Å². The fourth-order valence-electron chi connectivity index (χ4n) is 1.79. The van der Waals surface area contributed by atoms with E-state index in [0.717, 1.165) is 11.6 Å². The van der Waals surface area contributed by atoms with Gasteiger partial charge in [0.15, 0.2) is 5.82 Å². The summed E-state index contributed by atoms with van der Waals surface area (Å²) in [5, 5.41) is 6.76. The van der Waals surface area contributed by atoms with Crippen molar-refractivity contribution in [2.45, 2.75) is 27.3 Å². The molecule has 0 saturated heterocycles. The summed E-state index contributed by atoms with van der Waals surface area (Å²) in [7, 11) is 1.72. The Morgan fingerprint density at radius 3 is 2.67 bits per heavy atom. The number of hydrogen-bond acceptors (Lipinski definition) is 4. The number of aryl methyl sites for hydroxylation is 3. The van der Waals surface area contributed by atoms with Crippen molar-refractivity contribution in [1.82, 2.24) is 20.1 Å². The van der Waals surface area contributed by atoms with Gasteiger partial charge in [-0.2, -0.15) is 5.10 Å². The van der Waals surface area contributed by atoms with Crippen LogP contribution in [0.15, 0.2) is 10.5 Å². The number of aromatic amines is 1. The van der Waals surface area contributed by atoms with Crippen LogP contribution in [0.4, 0.5) is 0 Å². The number of carbonyl (C=O) groups excluding carboxylic acids is 1. The molecule has 2 heterocycles. The van der Waals surface area contributed by atoms with Crippen LogP contribution in [-0.4, -0.2) is 33.0 Å². The summed E-state index contributed by atoms with van der Waals surface area (Å²) >= 11 is 0. The molecule has 2 rings (SSSR count). The van der Waals surface area contributed by atoms with E-state index >= 15 is 0 Å². The van der Waals surface area contributed by atoms with Crippen LogP contribution in [0.2, 0.25) is 0 Å². The number of rotatable bonds is 3. The highest BCUT2D eigenvalue weighted by Crippen LogP contribution is 2.16. The molecule has 0 spiro atoms. The molecule has 0 bridgehead atoms. The van der Waals surface area contributed by atoms with Gasteiger partial charge in [0.1, 0.15) is 17.3 Å². The smallest absolute Gasteiger partial charge is 0.257 e. The Balaban J connectivity index is 2.11. The molecule has 0 aliphatic heterocycles. The van der Waals surface area contributed by atoms with Crippen LogP contribution >= 0.6 is 0 Å². The molecule has 0 aliphatic carbocycles. The molecule has 1 amide bonds. The molecule has 18 heavy (non-hydrogen) atoms. The van der Waals surface area contributed by atoms with Crippen molar-refractivity contribution in [2.24, 2.45) is 0 Å². The SMILES string of the molecule is Cc1nc(CN(C)C(=O)c2cc(C)oc2C)n[nH]1. The maximum absolute atomic E-state index is 12.2. The van der Waals surface area contributed by atoms with Crippen LogP contribution in [0.5, 0.6) is 0 Å². The standard InChI is InChI=1S/C12H16N4O2/c1-7-5-10(8(2)18-7)12(17)16(4)6-11-13-9(3)14-15-11/h5H,6H2,1-4H3,(H,13,14,15). The van der Waals surface area contributed by atoms with Crippen molar-refractivity contribution in [3.63, 3.8) is 0 Å². The Morgan fingerprint density at radius 1 is 1.44 bits per heavy atom. The van der Waals surface area contributed by atoms with Gasteiger partial charge in [-0.1, -0.05) is 0 Å². The summed E-state index contributed by atoms with van der Waals surface area (Å²) in [5.41, 5.74) is 0.585. The van der Waals surface area contributed by atoms with Crippen molar-refractivity contribution in [3.05, 3.63) is 34.8 Å². The third-order valence-electron chi connectivity index (χ3n) is 2.64. The molecule has 0 atom stereocenters. The quantitative estimate of drug-likeness (QED) is 0.895. The van der Waals surface area contributed by atoms with E-state index in [-0.39, 0.29) is 5.91 Å². The third kappa shape index (κ3) is 2.42. The molecular formula is C12H16N4O2. The van der Waals surface area contributed by atoms with Crippen molar-refractivity contribution in [2.75, 3.05) is 7.05 Å². The van der Waals surface area contributed by atoms with E-state index < -0.39 is 0 Å². The third-order valence-corrected chi connectivity index (χ3v) is 2.64. The van der Waals surface area contributed by atoms with Gasteiger partial charge < -0.3 is 9.32 Å². The molecule has 0 fully saturated rings. The van der Waals surface area contributed by atoms with E-state index in [0.29, 0.717) is 23.7 Å². The summed E-state index contributed by atoms with van der Waals surface area (Å²) < 4.78 is 5.36. The maximum Gasteiger partial charge on any atom is 0.257 e. The van der Waals surface area contributed by atoms with Gasteiger partial charge in [-0.15, -0.1) is 0 Å². The zero-order chi connectivity index (χ0) is 13.3. The molecule has 0 unspecified atom stereocenters. The number of H-pyrrole nitrogens is 1. The summed E-state index contributed by atoms with van der Waals surface area (Å²) in [5.74, 6) is 2.61. The molecule has 6 nitrogen and oxygen atoms in total. The lowest BCUT2D eigenvalue weighted by atomic mass is 10.2. The second kappa shape index (κ2) is 4.64. The fraction of sp³-hybridized carbons (Fsp3) is 0.417. The Hall–Kier alpha value is -2.11. The van der Waals surface area contributed by atoms with Crippen LogP contribution in [0, 0.1) is 20.8 Å². The number of hydrogen-bond donors (Lipinski definition) is 1. The van der Waals surface area contributed by atoms with Crippen LogP contribution in [0.3, 0.4) is 0 Å². The summed E-state index contributed by atoms with van der Waals surface area (Å²) in [6.45, 7) is 5.79. The second-order valence-electron chi connectivity index (χ2n) is 4.33. The maximum atomic E-state index is 12.2. The zero-order valence-corrected chi connectivity index (χ0v) is 10.9. The van der Waals surface area contributed by atoms with Gasteiger partial charge in [0.2, 0.25) is 0 Å². The number of furan rings is 1. The lowest BCUT2D eigenvalue weighted by molar-refractivity contribution is 0.0780. The minimum Gasteiger partial charge on any atom is -0.466 e. The van der Waals surface area contributed by atoms with Gasteiger partial charge in [-0.05, 0) is 26.8 Å². The molecule has 0 aromatic carbocycles. The second-order valence-corrected chi connectivity index (χ2v) is 4.33. The van der Waals surface area contributed by atoms with Gasteiger partial charge in [0, 0.05) is 7.05 Å². The predicted molar refractivity (Wildman–Crippen MR) is 65.1 cm³/mol. The summed E-state index contributed by atoms with van der Waals surface area (Å²) in [4.78, 5) is 17.9. The minimum absolute atomic E-state index is 0.0909. The first-order valence-electron chi connectivity index (χ1n) is 5.67. The van der Waals surface area contributed by atoms with E-state index in [1.54, 1.807) is 24.9 Å². The average molecular weight is 248 g/mol. The van der Waals surface area contributed by atoms with Crippen LogP contribution in [-0.2, 0) is 6.54 Å². The van der Waals surface area contributed by atoms with Gasteiger partial charge in [-0.25, -0.2) is 4.98 Å². The van der Waals surface area contributed by atoms with Crippen LogP contribution in [0.25, 0.3) is 0 Å². The topological polar surface area (TPSA) is 75.0 Å². The van der Waals surface area contributed by atoms with E-state index in [4.69, 9.17) is 4.42 Å². The Kier molecular flexibility index (Phi) is 3.18. The lowest BCUT2D eigenvalue weighted by Crippen LogP contribution is -2.26. The molecular weight excluding hydrogens is 232 g/mol. The fourth-order valence-corrected chi connectivity index (χ4v) is 1.79. The molecule has 96 valence electrons. The largest absolute Gasteiger partial charge is 0.466 e. The van der Waals surface area contributed by atoms with E-state index in [2.05, 4.69) is 15.2 Å². The molecule has 2 aromatic heterocycles. The first kappa shape index (κ1) is 12.3. The molecule has 0 aliphatic rings. The average Bonchev–Trinajstić information content (AvgIpc) is 2.84. The molecule has 0 saturated carbocycles. The number of amides is 1. The van der Waals surface area contributed by atoms with Gasteiger partial charge in [0.25, 0.3) is 5.91 Å². The van der Waals surface area contributed by atoms with Gasteiger partial charge in [0.05, 0.1) is 12.1 Å². The predicted octanol–water partition coefficient (Wildman–Crippen LogP) is 1.60. The summed E-state index contributed by atoms with van der Waals surface area (Å²) in [6, 6.07) is 1.75. The van der Waals surface area contributed by atoms with Gasteiger partial charge >= 0.3 is 0 Å². The molecule has 0 radical (unpaired) electrons. The Morgan fingerprint density at radius 2 is 2.17 bits per heavy atom. The molecule has 2 aromatic rings. The first-order valence-corrected chi connectivity index (χ1v) is 5.67.